The summed E-state index contributed by atoms with van der Waals surface area (Å²) in [4.78, 5) is 23.1. The van der Waals surface area contributed by atoms with Crippen LogP contribution in [0, 0.1) is 0 Å². The van der Waals surface area contributed by atoms with Crippen molar-refractivity contribution >= 4 is 21.7 Å². The summed E-state index contributed by atoms with van der Waals surface area (Å²) < 4.78 is 23.3. The molecule has 1 rings (SSSR count). The molecule has 0 saturated carbocycles. The summed E-state index contributed by atoms with van der Waals surface area (Å²) in [5.41, 5.74) is -0.0632. The van der Waals surface area contributed by atoms with Gasteiger partial charge in [0.2, 0.25) is 0 Å². The molecule has 0 bridgehead atoms. The van der Waals surface area contributed by atoms with Gasteiger partial charge in [0.05, 0.1) is 10.5 Å². The molecule has 7 heteroatoms. The van der Waals surface area contributed by atoms with Crippen LogP contribution in [0.15, 0.2) is 41.3 Å². The fraction of sp³-hybridized carbons (Fsp3) is 0.286. The minimum atomic E-state index is -3.57. The maximum absolute atomic E-state index is 12.1. The van der Waals surface area contributed by atoms with Crippen LogP contribution in [0.25, 0.3) is 0 Å². The first-order valence-electron chi connectivity index (χ1n) is 6.21. The van der Waals surface area contributed by atoms with Crippen molar-refractivity contribution in [1.82, 2.24) is 5.32 Å². The van der Waals surface area contributed by atoms with Crippen molar-refractivity contribution in [2.24, 2.45) is 0 Å². The zero-order chi connectivity index (χ0) is 16.0. The van der Waals surface area contributed by atoms with E-state index in [1.807, 2.05) is 0 Å². The normalized spacial score (nSPS) is 13.0. The van der Waals surface area contributed by atoms with Crippen LogP contribution in [0.3, 0.4) is 0 Å². The van der Waals surface area contributed by atoms with Gasteiger partial charge in [0.15, 0.2) is 9.84 Å². The zero-order valence-corrected chi connectivity index (χ0v) is 12.6. The van der Waals surface area contributed by atoms with Crippen molar-refractivity contribution < 1.29 is 23.1 Å². The predicted octanol–water partition coefficient (Wildman–Crippen LogP) is 1.24. The summed E-state index contributed by atoms with van der Waals surface area (Å²) >= 11 is 0. The Morgan fingerprint density at radius 2 is 1.95 bits per heavy atom. The van der Waals surface area contributed by atoms with Gasteiger partial charge in [-0.1, -0.05) is 24.3 Å². The smallest absolute Gasteiger partial charge is 0.326 e. The summed E-state index contributed by atoms with van der Waals surface area (Å²) in [6.07, 6.45) is 4.40. The maximum Gasteiger partial charge on any atom is 0.326 e. The Bertz CT molecular complexity index is 664. The first kappa shape index (κ1) is 16.9. The highest BCUT2D eigenvalue weighted by molar-refractivity contribution is 7.90. The van der Waals surface area contributed by atoms with Gasteiger partial charge in [-0.2, -0.15) is 0 Å². The van der Waals surface area contributed by atoms with Gasteiger partial charge in [-0.05, 0) is 25.5 Å². The van der Waals surface area contributed by atoms with E-state index in [1.54, 1.807) is 19.1 Å². The first-order chi connectivity index (χ1) is 9.77. The standard InChI is InChI=1S/C14H17NO5S/c1-3-4-8-11(14(17)18)15-13(16)10-7-5-6-9-12(10)21(2,19)20/h3-7,9,11H,8H2,1-2H3,(H,15,16)(H,17,18)/b4-3+. The van der Waals surface area contributed by atoms with Crippen LogP contribution in [0.1, 0.15) is 23.7 Å². The van der Waals surface area contributed by atoms with E-state index in [4.69, 9.17) is 5.11 Å². The second-order valence-electron chi connectivity index (χ2n) is 4.44. The van der Waals surface area contributed by atoms with Crippen molar-refractivity contribution in [2.45, 2.75) is 24.3 Å². The third-order valence-corrected chi connectivity index (χ3v) is 3.90. The molecule has 1 aromatic rings. The number of carbonyl (C=O) groups excluding carboxylic acids is 1. The Morgan fingerprint density at radius 1 is 1.33 bits per heavy atom. The van der Waals surface area contributed by atoms with Gasteiger partial charge in [-0.25, -0.2) is 13.2 Å². The predicted molar refractivity (Wildman–Crippen MR) is 77.9 cm³/mol. The molecule has 0 aromatic heterocycles. The molecule has 0 saturated heterocycles. The Labute approximate surface area is 123 Å². The fourth-order valence-electron chi connectivity index (χ4n) is 1.71. The second-order valence-corrected chi connectivity index (χ2v) is 6.42. The number of carboxylic acids is 1. The topological polar surface area (TPSA) is 101 Å². The first-order valence-corrected chi connectivity index (χ1v) is 8.10. The van der Waals surface area contributed by atoms with Gasteiger partial charge in [0.1, 0.15) is 6.04 Å². The molecule has 0 fully saturated rings. The lowest BCUT2D eigenvalue weighted by molar-refractivity contribution is -0.139. The maximum atomic E-state index is 12.1. The van der Waals surface area contributed by atoms with E-state index in [1.165, 1.54) is 24.3 Å². The molecular formula is C14H17NO5S. The molecule has 114 valence electrons. The van der Waals surface area contributed by atoms with E-state index < -0.39 is 27.8 Å². The van der Waals surface area contributed by atoms with E-state index in [-0.39, 0.29) is 16.9 Å². The quantitative estimate of drug-likeness (QED) is 0.770. The largest absolute Gasteiger partial charge is 0.480 e. The lowest BCUT2D eigenvalue weighted by Gasteiger charge is -2.14. The highest BCUT2D eigenvalue weighted by atomic mass is 32.2. The molecule has 0 spiro atoms. The molecule has 0 aliphatic heterocycles. The Morgan fingerprint density at radius 3 is 2.48 bits per heavy atom. The number of benzene rings is 1. The Kier molecular flexibility index (Phi) is 5.66. The molecule has 2 N–H and O–H groups in total. The third kappa shape index (κ3) is 4.71. The van der Waals surface area contributed by atoms with E-state index in [0.29, 0.717) is 0 Å². The number of aliphatic carboxylic acids is 1. The van der Waals surface area contributed by atoms with Crippen LogP contribution in [-0.4, -0.2) is 37.7 Å². The molecule has 0 heterocycles. The van der Waals surface area contributed by atoms with Crippen LogP contribution in [0.5, 0.6) is 0 Å². The number of carboxylic acid groups (broad SMARTS) is 1. The number of amides is 1. The number of hydrogen-bond acceptors (Lipinski definition) is 4. The minimum Gasteiger partial charge on any atom is -0.480 e. The van der Waals surface area contributed by atoms with E-state index in [9.17, 15) is 18.0 Å². The van der Waals surface area contributed by atoms with Crippen molar-refractivity contribution in [1.29, 1.82) is 0 Å². The summed E-state index contributed by atoms with van der Waals surface area (Å²) in [6, 6.07) is 4.57. The van der Waals surface area contributed by atoms with Crippen molar-refractivity contribution in [2.75, 3.05) is 6.26 Å². The molecule has 1 atom stereocenters. The summed E-state index contributed by atoms with van der Waals surface area (Å²) in [6.45, 7) is 1.74. The second kappa shape index (κ2) is 7.03. The highest BCUT2D eigenvalue weighted by Gasteiger charge is 2.23. The van der Waals surface area contributed by atoms with Crippen LogP contribution in [0.4, 0.5) is 0 Å². The number of sulfone groups is 1. The van der Waals surface area contributed by atoms with Crippen LogP contribution >= 0.6 is 0 Å². The van der Waals surface area contributed by atoms with Gasteiger partial charge in [-0.15, -0.1) is 0 Å². The van der Waals surface area contributed by atoms with Crippen LogP contribution in [0.2, 0.25) is 0 Å². The third-order valence-electron chi connectivity index (χ3n) is 2.74. The van der Waals surface area contributed by atoms with Crippen LogP contribution in [-0.2, 0) is 14.6 Å². The molecule has 0 aliphatic rings. The fourth-order valence-corrected chi connectivity index (χ4v) is 2.59. The van der Waals surface area contributed by atoms with Crippen molar-refractivity contribution in [3.8, 4) is 0 Å². The number of carbonyl (C=O) groups is 2. The Hall–Kier alpha value is -2.15. The van der Waals surface area contributed by atoms with Crippen molar-refractivity contribution in [3.63, 3.8) is 0 Å². The van der Waals surface area contributed by atoms with E-state index in [0.717, 1.165) is 6.26 Å². The molecule has 1 unspecified atom stereocenters. The Balaban J connectivity index is 3.07. The average molecular weight is 311 g/mol. The van der Waals surface area contributed by atoms with Gasteiger partial charge < -0.3 is 10.4 Å². The van der Waals surface area contributed by atoms with Crippen molar-refractivity contribution in [3.05, 3.63) is 42.0 Å². The SMILES string of the molecule is C/C=C/CC(NC(=O)c1ccccc1S(C)(=O)=O)C(=O)O. The molecule has 0 aliphatic carbocycles. The molecule has 6 nitrogen and oxygen atoms in total. The molecule has 21 heavy (non-hydrogen) atoms. The van der Waals surface area contributed by atoms with E-state index >= 15 is 0 Å². The number of nitrogens with one attached hydrogen (secondary N) is 1. The highest BCUT2D eigenvalue weighted by Crippen LogP contribution is 2.15. The molecular weight excluding hydrogens is 294 g/mol. The summed E-state index contributed by atoms with van der Waals surface area (Å²) in [7, 11) is -3.57. The number of rotatable bonds is 6. The van der Waals surface area contributed by atoms with Gasteiger partial charge in [0.25, 0.3) is 5.91 Å². The van der Waals surface area contributed by atoms with Gasteiger partial charge in [0, 0.05) is 6.26 Å². The van der Waals surface area contributed by atoms with Crippen LogP contribution < -0.4 is 5.32 Å². The van der Waals surface area contributed by atoms with Gasteiger partial charge in [-0.3, -0.25) is 4.79 Å². The number of hydrogen-bond donors (Lipinski definition) is 2. The number of allylic oxidation sites excluding steroid dienone is 1. The average Bonchev–Trinajstić information content (AvgIpc) is 2.42. The minimum absolute atomic E-state index is 0.0632. The summed E-state index contributed by atoms with van der Waals surface area (Å²) in [5.74, 6) is -1.91. The lowest BCUT2D eigenvalue weighted by atomic mass is 10.1. The zero-order valence-electron chi connectivity index (χ0n) is 11.7. The monoisotopic (exact) mass is 311 g/mol. The van der Waals surface area contributed by atoms with Gasteiger partial charge >= 0.3 is 5.97 Å². The molecule has 0 radical (unpaired) electrons. The molecule has 1 aromatic carbocycles. The lowest BCUT2D eigenvalue weighted by Crippen LogP contribution is -2.40. The van der Waals surface area contributed by atoms with E-state index in [2.05, 4.69) is 5.32 Å². The summed E-state index contributed by atoms with van der Waals surface area (Å²) in [5, 5.41) is 11.4. The molecule has 1 amide bonds.